The molecular weight excluding hydrogens is 440 g/mol. The van der Waals surface area contributed by atoms with Gasteiger partial charge in [-0.05, 0) is 48.9 Å². The first-order valence-corrected chi connectivity index (χ1v) is 11.0. The average Bonchev–Trinajstić information content (AvgIpc) is 2.70. The Labute approximate surface area is 184 Å². The number of nitrogens with one attached hydrogen (secondary N) is 1. The number of amides is 1. The van der Waals surface area contributed by atoms with Crippen LogP contribution in [0.2, 0.25) is 5.02 Å². The molecule has 0 radical (unpaired) electrons. The minimum atomic E-state index is -4.17. The van der Waals surface area contributed by atoms with Gasteiger partial charge < -0.3 is 10.1 Å². The zero-order valence-corrected chi connectivity index (χ0v) is 18.0. The Morgan fingerprint density at radius 2 is 1.77 bits per heavy atom. The van der Waals surface area contributed by atoms with Gasteiger partial charge in [0.2, 0.25) is 15.9 Å². The molecule has 9 heteroatoms. The van der Waals surface area contributed by atoms with Crippen LogP contribution in [0.4, 0.5) is 5.69 Å². The Kier molecular flexibility index (Phi) is 6.74. The number of hydrogen-bond donors (Lipinski definition) is 2. The van der Waals surface area contributed by atoms with Gasteiger partial charge in [-0.1, -0.05) is 41.9 Å². The molecule has 3 rings (SSSR count). The van der Waals surface area contributed by atoms with Crippen LogP contribution in [0.25, 0.3) is 0 Å². The van der Waals surface area contributed by atoms with Crippen LogP contribution in [-0.2, 0) is 21.2 Å². The van der Waals surface area contributed by atoms with Gasteiger partial charge in [0.1, 0.15) is 16.4 Å². The van der Waals surface area contributed by atoms with Crippen LogP contribution >= 0.6 is 11.6 Å². The van der Waals surface area contributed by atoms with Crippen LogP contribution in [0.1, 0.15) is 22.8 Å². The molecular formula is C22H19ClN2O5S. The fourth-order valence-corrected chi connectivity index (χ4v) is 3.70. The van der Waals surface area contributed by atoms with Crippen molar-refractivity contribution in [2.45, 2.75) is 18.2 Å². The van der Waals surface area contributed by atoms with Gasteiger partial charge in [0.25, 0.3) is 0 Å². The molecule has 0 heterocycles. The number of Topliss-reactive ketones (excluding diaryl/α,β-unsaturated/α-hetero) is 1. The molecule has 160 valence electrons. The van der Waals surface area contributed by atoms with Crippen molar-refractivity contribution in [2.24, 2.45) is 5.14 Å². The van der Waals surface area contributed by atoms with E-state index in [0.717, 1.165) is 0 Å². The van der Waals surface area contributed by atoms with Crippen molar-refractivity contribution in [1.82, 2.24) is 0 Å². The first-order chi connectivity index (χ1) is 14.6. The van der Waals surface area contributed by atoms with Gasteiger partial charge in [-0.3, -0.25) is 9.59 Å². The Morgan fingerprint density at radius 3 is 2.45 bits per heavy atom. The molecule has 31 heavy (non-hydrogen) atoms. The van der Waals surface area contributed by atoms with Crippen molar-refractivity contribution in [3.63, 3.8) is 0 Å². The second-order valence-electron chi connectivity index (χ2n) is 6.71. The van der Waals surface area contributed by atoms with Crippen molar-refractivity contribution in [3.8, 4) is 11.5 Å². The van der Waals surface area contributed by atoms with Crippen LogP contribution in [-0.4, -0.2) is 20.1 Å². The van der Waals surface area contributed by atoms with E-state index in [4.69, 9.17) is 21.5 Å². The Balaban J connectivity index is 1.85. The maximum Gasteiger partial charge on any atom is 0.241 e. The Hall–Kier alpha value is -3.20. The highest BCUT2D eigenvalue weighted by molar-refractivity contribution is 7.89. The maximum atomic E-state index is 12.4. The molecule has 7 nitrogen and oxygen atoms in total. The van der Waals surface area contributed by atoms with E-state index in [2.05, 4.69) is 5.32 Å². The summed E-state index contributed by atoms with van der Waals surface area (Å²) in [4.78, 5) is 23.6. The number of hydrogen-bond acceptors (Lipinski definition) is 5. The number of nitrogens with two attached hydrogens (primary N) is 1. The summed E-state index contributed by atoms with van der Waals surface area (Å²) in [6.45, 7) is 1.41. The summed E-state index contributed by atoms with van der Waals surface area (Å²) in [6.07, 6.45) is 0.0144. The van der Waals surface area contributed by atoms with Crippen molar-refractivity contribution < 1.29 is 22.7 Å². The van der Waals surface area contributed by atoms with Crippen LogP contribution in [0.3, 0.4) is 0 Å². The number of primary sulfonamides is 1. The van der Waals surface area contributed by atoms with Crippen molar-refractivity contribution in [1.29, 1.82) is 0 Å². The molecule has 0 aliphatic carbocycles. The molecule has 0 aromatic heterocycles. The van der Waals surface area contributed by atoms with E-state index < -0.39 is 10.0 Å². The number of sulfonamides is 1. The van der Waals surface area contributed by atoms with Crippen LogP contribution < -0.4 is 15.2 Å². The molecule has 0 atom stereocenters. The molecule has 0 aliphatic heterocycles. The molecule has 0 bridgehead atoms. The Bertz CT molecular complexity index is 1260. The number of halogens is 1. The first kappa shape index (κ1) is 22.5. The van der Waals surface area contributed by atoms with Crippen molar-refractivity contribution >= 4 is 39.0 Å². The minimum Gasteiger partial charge on any atom is -0.456 e. The number of benzene rings is 3. The summed E-state index contributed by atoms with van der Waals surface area (Å²) >= 11 is 6.07. The lowest BCUT2D eigenvalue weighted by Gasteiger charge is -2.13. The zero-order valence-electron chi connectivity index (χ0n) is 16.5. The van der Waals surface area contributed by atoms with Crippen LogP contribution in [0.15, 0.2) is 71.6 Å². The van der Waals surface area contributed by atoms with E-state index in [9.17, 15) is 18.0 Å². The molecule has 1 amide bonds. The van der Waals surface area contributed by atoms with Gasteiger partial charge in [0.05, 0.1) is 6.42 Å². The third-order valence-corrected chi connectivity index (χ3v) is 5.61. The van der Waals surface area contributed by atoms with Crippen molar-refractivity contribution in [3.05, 3.63) is 82.9 Å². The normalized spacial score (nSPS) is 11.1. The summed E-state index contributed by atoms with van der Waals surface area (Å²) in [7, 11) is -4.17. The topological polar surface area (TPSA) is 116 Å². The van der Waals surface area contributed by atoms with E-state index in [1.165, 1.54) is 31.2 Å². The predicted octanol–water partition coefficient (Wildman–Crippen LogP) is 4.16. The predicted molar refractivity (Wildman–Crippen MR) is 118 cm³/mol. The molecule has 3 aromatic carbocycles. The van der Waals surface area contributed by atoms with E-state index in [1.54, 1.807) is 42.5 Å². The molecule has 0 saturated heterocycles. The van der Waals surface area contributed by atoms with Gasteiger partial charge in [-0.25, -0.2) is 13.6 Å². The lowest BCUT2D eigenvalue weighted by Crippen LogP contribution is -2.17. The molecule has 0 fully saturated rings. The maximum absolute atomic E-state index is 12.4. The average molecular weight is 459 g/mol. The van der Waals surface area contributed by atoms with Gasteiger partial charge >= 0.3 is 0 Å². The largest absolute Gasteiger partial charge is 0.456 e. The highest BCUT2D eigenvalue weighted by Crippen LogP contribution is 2.31. The van der Waals surface area contributed by atoms with E-state index in [0.29, 0.717) is 16.1 Å². The molecule has 0 unspecified atom stereocenters. The van der Waals surface area contributed by atoms with E-state index in [-0.39, 0.29) is 40.2 Å². The smallest absolute Gasteiger partial charge is 0.241 e. The second-order valence-corrected chi connectivity index (χ2v) is 8.65. The number of rotatable bonds is 7. The molecule has 0 saturated carbocycles. The fourth-order valence-electron chi connectivity index (χ4n) is 2.82. The lowest BCUT2D eigenvalue weighted by atomic mass is 10.1. The zero-order chi connectivity index (χ0) is 22.6. The minimum absolute atomic E-state index is 0.0144. The SMILES string of the molecule is CC(=O)c1cccc(Oc2ccc(NC(=O)Cc3ccccc3Cl)cc2S(N)(=O)=O)c1. The molecule has 3 aromatic rings. The van der Waals surface area contributed by atoms with Gasteiger partial charge in [-0.2, -0.15) is 0 Å². The molecule has 0 aliphatic rings. The highest BCUT2D eigenvalue weighted by atomic mass is 35.5. The molecule has 0 spiro atoms. The quantitative estimate of drug-likeness (QED) is 0.515. The summed E-state index contributed by atoms with van der Waals surface area (Å²) in [5, 5.41) is 8.43. The van der Waals surface area contributed by atoms with Gasteiger partial charge in [-0.15, -0.1) is 0 Å². The number of ether oxygens (including phenoxy) is 1. The standard InChI is InChI=1S/C22H19ClN2O5S/c1-14(26)15-6-4-7-18(11-15)30-20-10-9-17(13-21(20)31(24,28)29)25-22(27)12-16-5-2-3-8-19(16)23/h2-11,13H,12H2,1H3,(H,25,27)(H2,24,28,29). The highest BCUT2D eigenvalue weighted by Gasteiger charge is 2.18. The summed E-state index contributed by atoms with van der Waals surface area (Å²) in [5.74, 6) is -0.301. The Morgan fingerprint density at radius 1 is 1.03 bits per heavy atom. The summed E-state index contributed by atoms with van der Waals surface area (Å²) < 4.78 is 29.9. The monoisotopic (exact) mass is 458 g/mol. The van der Waals surface area contributed by atoms with Crippen LogP contribution in [0, 0.1) is 0 Å². The van der Waals surface area contributed by atoms with Gasteiger partial charge in [0, 0.05) is 16.3 Å². The number of carbonyl (C=O) groups is 2. The fraction of sp³-hybridized carbons (Fsp3) is 0.0909. The van der Waals surface area contributed by atoms with E-state index in [1.807, 2.05) is 0 Å². The third kappa shape index (κ3) is 5.91. The van der Waals surface area contributed by atoms with Crippen molar-refractivity contribution in [2.75, 3.05) is 5.32 Å². The second kappa shape index (κ2) is 9.30. The molecule has 3 N–H and O–H groups in total. The first-order valence-electron chi connectivity index (χ1n) is 9.12. The summed E-state index contributed by atoms with van der Waals surface area (Å²) in [5.41, 5.74) is 1.28. The number of anilines is 1. The number of ketones is 1. The number of carbonyl (C=O) groups excluding carboxylic acids is 2. The van der Waals surface area contributed by atoms with E-state index >= 15 is 0 Å². The lowest BCUT2D eigenvalue weighted by molar-refractivity contribution is -0.115. The third-order valence-electron chi connectivity index (χ3n) is 4.31. The van der Waals surface area contributed by atoms with Gasteiger partial charge in [0.15, 0.2) is 5.78 Å². The summed E-state index contributed by atoms with van der Waals surface area (Å²) in [6, 6.07) is 17.3. The van der Waals surface area contributed by atoms with Crippen LogP contribution in [0.5, 0.6) is 11.5 Å².